The number of aromatic nitrogens is 1. The van der Waals surface area contributed by atoms with Crippen molar-refractivity contribution in [3.63, 3.8) is 0 Å². The van der Waals surface area contributed by atoms with Gasteiger partial charge in [-0.25, -0.2) is 0 Å². The summed E-state index contributed by atoms with van der Waals surface area (Å²) in [6.07, 6.45) is 12.7. The van der Waals surface area contributed by atoms with Crippen LogP contribution >= 0.6 is 0 Å². The number of hydrogen-bond donors (Lipinski definition) is 1. The molecule has 1 aliphatic heterocycles. The van der Waals surface area contributed by atoms with Crippen LogP contribution in [0.4, 0.5) is 0 Å². The molecule has 2 fully saturated rings. The Balaban J connectivity index is 1.59. The van der Waals surface area contributed by atoms with Crippen molar-refractivity contribution in [2.24, 2.45) is 0 Å². The number of carbonyl (C=O) groups is 2. The summed E-state index contributed by atoms with van der Waals surface area (Å²) in [6.45, 7) is 1.60. The van der Waals surface area contributed by atoms with Crippen molar-refractivity contribution in [2.75, 3.05) is 13.7 Å². The summed E-state index contributed by atoms with van der Waals surface area (Å²) in [7, 11) is 1.68. The Labute approximate surface area is 207 Å². The maximum Gasteiger partial charge on any atom is 0.259 e. The number of ether oxygens (including phenoxy) is 1. The topological polar surface area (TPSA) is 80.6 Å². The molecule has 1 aromatic carbocycles. The molecule has 2 amide bonds. The molecule has 2 aliphatic rings. The molecular weight excluding hydrogens is 442 g/mol. The highest BCUT2D eigenvalue weighted by Gasteiger charge is 2.25. The SMILES string of the molecule is CN(Cc1ccccc1)C(=O)c1cn(C[C@H]2CCCO2)cc(C(=O)NC2CCCCCCC2)c1=O. The first-order valence-electron chi connectivity index (χ1n) is 13.0. The summed E-state index contributed by atoms with van der Waals surface area (Å²) in [6, 6.07) is 9.71. The van der Waals surface area contributed by atoms with Crippen LogP contribution in [0.2, 0.25) is 0 Å². The van der Waals surface area contributed by atoms with E-state index in [-0.39, 0.29) is 35.1 Å². The van der Waals surface area contributed by atoms with E-state index in [4.69, 9.17) is 4.74 Å². The van der Waals surface area contributed by atoms with Crippen LogP contribution in [0, 0.1) is 0 Å². The van der Waals surface area contributed by atoms with Crippen LogP contribution in [-0.2, 0) is 17.8 Å². The fraction of sp³-hybridized carbons (Fsp3) is 0.536. The van der Waals surface area contributed by atoms with E-state index in [0.29, 0.717) is 19.7 Å². The van der Waals surface area contributed by atoms with Crippen LogP contribution in [-0.4, -0.2) is 47.1 Å². The third kappa shape index (κ3) is 6.82. The Morgan fingerprint density at radius 3 is 2.34 bits per heavy atom. The predicted molar refractivity (Wildman–Crippen MR) is 135 cm³/mol. The molecule has 1 atom stereocenters. The van der Waals surface area contributed by atoms with Crippen LogP contribution in [0.5, 0.6) is 0 Å². The third-order valence-corrected chi connectivity index (χ3v) is 7.04. The highest BCUT2D eigenvalue weighted by atomic mass is 16.5. The Hall–Kier alpha value is -2.93. The zero-order chi connectivity index (χ0) is 24.6. The van der Waals surface area contributed by atoms with Crippen LogP contribution in [0.25, 0.3) is 0 Å². The summed E-state index contributed by atoms with van der Waals surface area (Å²) in [5.41, 5.74) is 0.513. The van der Waals surface area contributed by atoms with E-state index in [1.54, 1.807) is 24.0 Å². The molecule has 2 aromatic rings. The molecule has 0 unspecified atom stereocenters. The highest BCUT2D eigenvalue weighted by Crippen LogP contribution is 2.18. The van der Waals surface area contributed by atoms with E-state index in [1.807, 2.05) is 30.3 Å². The predicted octanol–water partition coefficient (Wildman–Crippen LogP) is 4.14. The highest BCUT2D eigenvalue weighted by molar-refractivity contribution is 5.99. The van der Waals surface area contributed by atoms with Gasteiger partial charge in [-0.1, -0.05) is 62.4 Å². The number of pyridine rings is 1. The van der Waals surface area contributed by atoms with Gasteiger partial charge in [-0.05, 0) is 31.2 Å². The lowest BCUT2D eigenvalue weighted by Crippen LogP contribution is -2.40. The molecular formula is C28H37N3O4. The molecule has 2 heterocycles. The molecule has 7 heteroatoms. The summed E-state index contributed by atoms with van der Waals surface area (Å²) in [5, 5.41) is 3.09. The summed E-state index contributed by atoms with van der Waals surface area (Å²) in [4.78, 5) is 41.6. The molecule has 1 saturated heterocycles. The second-order valence-electron chi connectivity index (χ2n) is 9.91. The number of nitrogens with one attached hydrogen (secondary N) is 1. The van der Waals surface area contributed by atoms with Gasteiger partial charge in [-0.15, -0.1) is 0 Å². The molecule has 1 aliphatic carbocycles. The summed E-state index contributed by atoms with van der Waals surface area (Å²) in [5.74, 6) is -0.775. The minimum atomic E-state index is -0.512. The monoisotopic (exact) mass is 479 g/mol. The van der Waals surface area contributed by atoms with Crippen LogP contribution in [0.3, 0.4) is 0 Å². The fourth-order valence-electron chi connectivity index (χ4n) is 5.07. The Morgan fingerprint density at radius 2 is 1.66 bits per heavy atom. The van der Waals surface area contributed by atoms with Gasteiger partial charge in [0.05, 0.1) is 6.10 Å². The normalized spacial score (nSPS) is 19.1. The van der Waals surface area contributed by atoms with Crippen LogP contribution in [0.1, 0.15) is 84.1 Å². The average Bonchev–Trinajstić information content (AvgIpc) is 3.35. The molecule has 1 saturated carbocycles. The van der Waals surface area contributed by atoms with Crippen molar-refractivity contribution in [1.29, 1.82) is 0 Å². The molecule has 4 rings (SSSR count). The van der Waals surface area contributed by atoms with Crippen molar-refractivity contribution in [3.8, 4) is 0 Å². The number of carbonyl (C=O) groups excluding carboxylic acids is 2. The van der Waals surface area contributed by atoms with E-state index >= 15 is 0 Å². The Bertz CT molecular complexity index is 1050. The summed E-state index contributed by atoms with van der Waals surface area (Å²) >= 11 is 0. The smallest absolute Gasteiger partial charge is 0.259 e. The third-order valence-electron chi connectivity index (χ3n) is 7.04. The Kier molecular flexibility index (Phi) is 8.74. The van der Waals surface area contributed by atoms with Crippen molar-refractivity contribution >= 4 is 11.8 Å². The first-order chi connectivity index (χ1) is 17.0. The molecule has 0 spiro atoms. The average molecular weight is 480 g/mol. The van der Waals surface area contributed by atoms with Gasteiger partial charge in [0.1, 0.15) is 11.1 Å². The van der Waals surface area contributed by atoms with E-state index in [1.165, 1.54) is 24.2 Å². The standard InChI is InChI=1S/C28H37N3O4/c1-30(17-21-11-6-5-7-12-21)28(34)25-20-31(18-23-15-10-16-35-23)19-24(26(25)32)27(33)29-22-13-8-3-2-4-9-14-22/h5-7,11-12,19-20,22-23H,2-4,8-10,13-18H2,1H3,(H,29,33)/t23-/m1/s1. The minimum Gasteiger partial charge on any atom is -0.376 e. The van der Waals surface area contributed by atoms with E-state index in [2.05, 4.69) is 5.32 Å². The second-order valence-corrected chi connectivity index (χ2v) is 9.91. The zero-order valence-electron chi connectivity index (χ0n) is 20.7. The van der Waals surface area contributed by atoms with Crippen molar-refractivity contribution in [1.82, 2.24) is 14.8 Å². The van der Waals surface area contributed by atoms with Crippen molar-refractivity contribution in [3.05, 3.63) is 69.6 Å². The number of benzene rings is 1. The van der Waals surface area contributed by atoms with Crippen LogP contribution < -0.4 is 10.7 Å². The molecule has 0 bridgehead atoms. The van der Waals surface area contributed by atoms with Gasteiger partial charge in [0.25, 0.3) is 11.8 Å². The van der Waals surface area contributed by atoms with Crippen LogP contribution in [0.15, 0.2) is 47.5 Å². The lowest BCUT2D eigenvalue weighted by Gasteiger charge is -2.22. The number of hydrogen-bond acceptors (Lipinski definition) is 4. The second kappa shape index (κ2) is 12.2. The van der Waals surface area contributed by atoms with E-state index < -0.39 is 5.43 Å². The number of amides is 2. The number of nitrogens with zero attached hydrogens (tertiary/aromatic N) is 2. The molecule has 35 heavy (non-hydrogen) atoms. The lowest BCUT2D eigenvalue weighted by atomic mass is 9.96. The van der Waals surface area contributed by atoms with Gasteiger partial charge in [0.2, 0.25) is 5.43 Å². The number of rotatable bonds is 7. The molecule has 1 N–H and O–H groups in total. The minimum absolute atomic E-state index is 0.0176. The quantitative estimate of drug-likeness (QED) is 0.647. The van der Waals surface area contributed by atoms with Crippen molar-refractivity contribution in [2.45, 2.75) is 83.0 Å². The first-order valence-corrected chi connectivity index (χ1v) is 13.0. The lowest BCUT2D eigenvalue weighted by molar-refractivity contribution is 0.0779. The van der Waals surface area contributed by atoms with Gasteiger partial charge >= 0.3 is 0 Å². The first kappa shape index (κ1) is 25.2. The maximum absolute atomic E-state index is 13.4. The van der Waals surface area contributed by atoms with Gasteiger partial charge in [-0.2, -0.15) is 0 Å². The van der Waals surface area contributed by atoms with Gasteiger partial charge in [0, 0.05) is 45.2 Å². The maximum atomic E-state index is 13.4. The molecule has 7 nitrogen and oxygen atoms in total. The molecule has 188 valence electrons. The summed E-state index contributed by atoms with van der Waals surface area (Å²) < 4.78 is 7.55. The van der Waals surface area contributed by atoms with Gasteiger partial charge in [-0.3, -0.25) is 14.4 Å². The van der Waals surface area contributed by atoms with E-state index in [9.17, 15) is 14.4 Å². The van der Waals surface area contributed by atoms with Gasteiger partial charge < -0.3 is 19.5 Å². The Morgan fingerprint density at radius 1 is 0.971 bits per heavy atom. The zero-order valence-corrected chi connectivity index (χ0v) is 20.7. The van der Waals surface area contributed by atoms with E-state index in [0.717, 1.165) is 44.1 Å². The largest absolute Gasteiger partial charge is 0.376 e. The molecule has 1 aromatic heterocycles. The van der Waals surface area contributed by atoms with Crippen molar-refractivity contribution < 1.29 is 14.3 Å². The van der Waals surface area contributed by atoms with Gasteiger partial charge in [0.15, 0.2) is 0 Å². The molecule has 0 radical (unpaired) electrons. The fourth-order valence-corrected chi connectivity index (χ4v) is 5.07.